The highest BCUT2D eigenvalue weighted by Crippen LogP contribution is 2.45. The van der Waals surface area contributed by atoms with Crippen LogP contribution < -0.4 is 5.32 Å². The second kappa shape index (κ2) is 4.21. The molecule has 1 aliphatic heterocycles. The fourth-order valence-electron chi connectivity index (χ4n) is 3.45. The molecule has 0 aliphatic carbocycles. The number of H-pyrrole nitrogens is 1. The molecule has 4 nitrogen and oxygen atoms in total. The summed E-state index contributed by atoms with van der Waals surface area (Å²) < 4.78 is 0. The van der Waals surface area contributed by atoms with Gasteiger partial charge in [0.15, 0.2) is 5.60 Å². The normalized spacial score (nSPS) is 20.2. The van der Waals surface area contributed by atoms with Crippen LogP contribution in [0.2, 0.25) is 0 Å². The fraction of sp³-hybridized carbons (Fsp3) is 0.167. The molecule has 0 bridgehead atoms. The summed E-state index contributed by atoms with van der Waals surface area (Å²) in [5.74, 6) is -0.398. The van der Waals surface area contributed by atoms with E-state index >= 15 is 0 Å². The third kappa shape index (κ3) is 1.47. The van der Waals surface area contributed by atoms with Gasteiger partial charge in [-0.3, -0.25) is 4.79 Å². The van der Waals surface area contributed by atoms with Gasteiger partial charge in [0.05, 0.1) is 5.69 Å². The van der Waals surface area contributed by atoms with Gasteiger partial charge < -0.3 is 15.4 Å². The molecule has 1 atom stereocenters. The smallest absolute Gasteiger partial charge is 0.265 e. The van der Waals surface area contributed by atoms with Crippen molar-refractivity contribution in [1.29, 1.82) is 0 Å². The Morgan fingerprint density at radius 2 is 1.82 bits per heavy atom. The molecule has 2 heterocycles. The minimum atomic E-state index is -1.66. The van der Waals surface area contributed by atoms with Crippen molar-refractivity contribution in [2.24, 2.45) is 0 Å². The number of benzene rings is 2. The van der Waals surface area contributed by atoms with Gasteiger partial charge in [-0.05, 0) is 25.5 Å². The summed E-state index contributed by atoms with van der Waals surface area (Å²) in [5.41, 5.74) is 2.95. The second-order valence-corrected chi connectivity index (χ2v) is 5.83. The number of carbonyl (C=O) groups is 1. The van der Waals surface area contributed by atoms with Crippen molar-refractivity contribution < 1.29 is 9.90 Å². The predicted octanol–water partition coefficient (Wildman–Crippen LogP) is 2.97. The number of para-hydroxylation sites is 2. The maximum absolute atomic E-state index is 12.6. The first-order valence-electron chi connectivity index (χ1n) is 7.25. The SMILES string of the molecule is Cc1cccc2c1NC(=O)[C@]2(O)c1c(C)[nH]c2ccccc12. The van der Waals surface area contributed by atoms with Gasteiger partial charge in [0, 0.05) is 27.7 Å². The number of amides is 1. The molecule has 0 spiro atoms. The number of fused-ring (bicyclic) bond motifs is 2. The largest absolute Gasteiger partial charge is 0.372 e. The average Bonchev–Trinajstić information content (AvgIpc) is 2.96. The lowest BCUT2D eigenvalue weighted by Crippen LogP contribution is -2.35. The molecular weight excluding hydrogens is 276 g/mol. The molecule has 4 rings (SSSR count). The first-order chi connectivity index (χ1) is 10.5. The molecule has 1 amide bonds. The van der Waals surface area contributed by atoms with Crippen LogP contribution in [-0.4, -0.2) is 16.0 Å². The summed E-state index contributed by atoms with van der Waals surface area (Å²) in [6.45, 7) is 3.81. The molecule has 0 saturated carbocycles. The van der Waals surface area contributed by atoms with Crippen molar-refractivity contribution >= 4 is 22.5 Å². The van der Waals surface area contributed by atoms with E-state index in [1.54, 1.807) is 6.07 Å². The zero-order valence-corrected chi connectivity index (χ0v) is 12.4. The van der Waals surface area contributed by atoms with Gasteiger partial charge in [-0.25, -0.2) is 0 Å². The molecule has 3 aromatic rings. The van der Waals surface area contributed by atoms with Gasteiger partial charge in [-0.15, -0.1) is 0 Å². The summed E-state index contributed by atoms with van der Waals surface area (Å²) in [6, 6.07) is 13.3. The van der Waals surface area contributed by atoms with E-state index in [2.05, 4.69) is 10.3 Å². The maximum Gasteiger partial charge on any atom is 0.265 e. The standard InChI is InChI=1S/C18H16N2O2/c1-10-6-5-8-13-16(10)20-17(21)18(13,22)15-11(2)19-14-9-4-3-7-12(14)15/h3-9,19,22H,1-2H3,(H,20,21)/t18-/m1/s1. The van der Waals surface area contributed by atoms with Crippen LogP contribution in [0.5, 0.6) is 0 Å². The van der Waals surface area contributed by atoms with Crippen LogP contribution in [0.1, 0.15) is 22.4 Å². The molecule has 3 N–H and O–H groups in total. The zero-order valence-electron chi connectivity index (χ0n) is 12.4. The van der Waals surface area contributed by atoms with Gasteiger partial charge in [-0.2, -0.15) is 0 Å². The van der Waals surface area contributed by atoms with Crippen LogP contribution in [0.3, 0.4) is 0 Å². The number of anilines is 1. The van der Waals surface area contributed by atoms with Crippen molar-refractivity contribution in [3.8, 4) is 0 Å². The number of rotatable bonds is 1. The van der Waals surface area contributed by atoms with Crippen molar-refractivity contribution in [1.82, 2.24) is 4.98 Å². The number of nitrogens with one attached hydrogen (secondary N) is 2. The number of aromatic amines is 1. The van der Waals surface area contributed by atoms with Crippen molar-refractivity contribution in [3.05, 3.63) is 64.8 Å². The number of aliphatic hydroxyl groups is 1. The van der Waals surface area contributed by atoms with Gasteiger partial charge >= 0.3 is 0 Å². The van der Waals surface area contributed by atoms with Gasteiger partial charge in [-0.1, -0.05) is 36.4 Å². The van der Waals surface area contributed by atoms with Crippen LogP contribution in [0.15, 0.2) is 42.5 Å². The highest BCUT2D eigenvalue weighted by Gasteiger charge is 2.49. The summed E-state index contributed by atoms with van der Waals surface area (Å²) >= 11 is 0. The van der Waals surface area contributed by atoms with Crippen molar-refractivity contribution in [2.75, 3.05) is 5.32 Å². The van der Waals surface area contributed by atoms with Crippen molar-refractivity contribution in [2.45, 2.75) is 19.4 Å². The van der Waals surface area contributed by atoms with Gasteiger partial charge in [0.2, 0.25) is 0 Å². The van der Waals surface area contributed by atoms with Crippen molar-refractivity contribution in [3.63, 3.8) is 0 Å². The highest BCUT2D eigenvalue weighted by atomic mass is 16.3. The van der Waals surface area contributed by atoms with E-state index in [1.165, 1.54) is 0 Å². The van der Waals surface area contributed by atoms with E-state index < -0.39 is 11.5 Å². The molecule has 2 aromatic carbocycles. The molecule has 0 radical (unpaired) electrons. The Bertz CT molecular complexity index is 926. The lowest BCUT2D eigenvalue weighted by atomic mass is 9.85. The molecule has 4 heteroatoms. The molecule has 22 heavy (non-hydrogen) atoms. The van der Waals surface area contributed by atoms with Crippen LogP contribution in [0.25, 0.3) is 10.9 Å². The number of aromatic nitrogens is 1. The summed E-state index contributed by atoms with van der Waals surface area (Å²) in [6.07, 6.45) is 0. The third-order valence-electron chi connectivity index (χ3n) is 4.49. The van der Waals surface area contributed by atoms with Gasteiger partial charge in [0.25, 0.3) is 5.91 Å². The van der Waals surface area contributed by atoms with Crippen LogP contribution in [-0.2, 0) is 10.4 Å². The number of carbonyl (C=O) groups excluding carboxylic acids is 1. The van der Waals surface area contributed by atoms with E-state index in [4.69, 9.17) is 0 Å². The second-order valence-electron chi connectivity index (χ2n) is 5.83. The quantitative estimate of drug-likeness (QED) is 0.645. The minimum absolute atomic E-state index is 0.398. The summed E-state index contributed by atoms with van der Waals surface area (Å²) in [4.78, 5) is 15.9. The molecule has 0 unspecified atom stereocenters. The maximum atomic E-state index is 12.6. The third-order valence-corrected chi connectivity index (χ3v) is 4.49. The Labute approximate surface area is 127 Å². The first kappa shape index (κ1) is 13.1. The minimum Gasteiger partial charge on any atom is -0.372 e. The van der Waals surface area contributed by atoms with E-state index in [0.29, 0.717) is 16.8 Å². The molecule has 1 aliphatic rings. The van der Waals surface area contributed by atoms with E-state index in [1.807, 2.05) is 50.2 Å². The molecule has 0 fully saturated rings. The van der Waals surface area contributed by atoms with Crippen LogP contribution >= 0.6 is 0 Å². The van der Waals surface area contributed by atoms with E-state index in [-0.39, 0.29) is 0 Å². The Hall–Kier alpha value is -2.59. The summed E-state index contributed by atoms with van der Waals surface area (Å²) in [7, 11) is 0. The van der Waals surface area contributed by atoms with Crippen LogP contribution in [0.4, 0.5) is 5.69 Å². The Morgan fingerprint density at radius 3 is 2.64 bits per heavy atom. The lowest BCUT2D eigenvalue weighted by molar-refractivity contribution is -0.129. The average molecular weight is 292 g/mol. The van der Waals surface area contributed by atoms with E-state index in [0.717, 1.165) is 22.2 Å². The molecule has 0 saturated heterocycles. The topological polar surface area (TPSA) is 65.1 Å². The molecule has 110 valence electrons. The molecule has 1 aromatic heterocycles. The Kier molecular flexibility index (Phi) is 2.51. The Morgan fingerprint density at radius 1 is 1.05 bits per heavy atom. The number of hydrogen-bond acceptors (Lipinski definition) is 2. The van der Waals surface area contributed by atoms with Gasteiger partial charge in [0.1, 0.15) is 0 Å². The van der Waals surface area contributed by atoms with Crippen LogP contribution in [0, 0.1) is 13.8 Å². The summed E-state index contributed by atoms with van der Waals surface area (Å²) in [5, 5.41) is 15.0. The molecular formula is C18H16N2O2. The number of hydrogen-bond donors (Lipinski definition) is 3. The number of aryl methyl sites for hydroxylation is 2. The zero-order chi connectivity index (χ0) is 15.5. The predicted molar refractivity (Wildman–Crippen MR) is 85.8 cm³/mol. The lowest BCUT2D eigenvalue weighted by Gasteiger charge is -2.22. The fourth-order valence-corrected chi connectivity index (χ4v) is 3.45. The monoisotopic (exact) mass is 292 g/mol. The first-order valence-corrected chi connectivity index (χ1v) is 7.25. The Balaban J connectivity index is 2.09. The highest BCUT2D eigenvalue weighted by molar-refractivity contribution is 6.10. The van der Waals surface area contributed by atoms with E-state index in [9.17, 15) is 9.90 Å².